The molecule has 0 heteroatoms. The van der Waals surface area contributed by atoms with Crippen molar-refractivity contribution in [3.8, 4) is 0 Å². The minimum absolute atomic E-state index is 0.504. The van der Waals surface area contributed by atoms with Gasteiger partial charge in [-0.15, -0.1) is 0 Å². The molecule has 0 aromatic rings. The Balaban J connectivity index is 1.65. The summed E-state index contributed by atoms with van der Waals surface area (Å²) in [6.45, 7) is 6.70. The standard InChI is InChI=1S/C18H22/c1-13-7-8-15(9-13)10-14(2)18-11-16-5-3-4-6-17(16)12-18/h3-6,11-13,15-16H,2,7-10H2,1H3. The Morgan fingerprint density at radius 1 is 1.33 bits per heavy atom. The van der Waals surface area contributed by atoms with Gasteiger partial charge >= 0.3 is 0 Å². The average molecular weight is 238 g/mol. The molecule has 0 aromatic carbocycles. The number of hydrogen-bond donors (Lipinski definition) is 0. The Hall–Kier alpha value is -1.30. The second kappa shape index (κ2) is 4.76. The summed E-state index contributed by atoms with van der Waals surface area (Å²) >= 11 is 0. The van der Waals surface area contributed by atoms with Crippen LogP contribution in [0.1, 0.15) is 32.6 Å². The van der Waals surface area contributed by atoms with Gasteiger partial charge in [0.05, 0.1) is 0 Å². The van der Waals surface area contributed by atoms with Crippen LogP contribution in [0.25, 0.3) is 0 Å². The summed E-state index contributed by atoms with van der Waals surface area (Å²) in [6, 6.07) is 0. The Labute approximate surface area is 110 Å². The maximum absolute atomic E-state index is 4.32. The highest BCUT2D eigenvalue weighted by molar-refractivity contribution is 5.53. The topological polar surface area (TPSA) is 0 Å². The Kier molecular flexibility index (Phi) is 3.11. The highest BCUT2D eigenvalue weighted by atomic mass is 14.3. The van der Waals surface area contributed by atoms with Gasteiger partial charge in [0.1, 0.15) is 0 Å². The molecular weight excluding hydrogens is 216 g/mol. The summed E-state index contributed by atoms with van der Waals surface area (Å²) in [7, 11) is 0. The molecule has 3 unspecified atom stereocenters. The lowest BCUT2D eigenvalue weighted by Gasteiger charge is -2.12. The van der Waals surface area contributed by atoms with Gasteiger partial charge in [-0.2, -0.15) is 0 Å². The molecule has 0 bridgehead atoms. The SMILES string of the molecule is C=C(CC1CCC(C)C1)C1=CC2C=CC=CC2=C1. The van der Waals surface area contributed by atoms with Crippen molar-refractivity contribution >= 4 is 0 Å². The molecule has 1 fully saturated rings. The van der Waals surface area contributed by atoms with Crippen LogP contribution in [0, 0.1) is 17.8 Å². The van der Waals surface area contributed by atoms with E-state index < -0.39 is 0 Å². The summed E-state index contributed by atoms with van der Waals surface area (Å²) in [4.78, 5) is 0. The smallest absolute Gasteiger partial charge is 0.0210 e. The zero-order valence-corrected chi connectivity index (χ0v) is 11.2. The van der Waals surface area contributed by atoms with Crippen LogP contribution in [0.15, 0.2) is 59.8 Å². The van der Waals surface area contributed by atoms with E-state index in [2.05, 4.69) is 50.0 Å². The third kappa shape index (κ3) is 2.29. The van der Waals surface area contributed by atoms with E-state index in [9.17, 15) is 0 Å². The number of hydrogen-bond acceptors (Lipinski definition) is 0. The largest absolute Gasteiger partial charge is 0.0952 e. The minimum atomic E-state index is 0.504. The molecule has 0 N–H and O–H groups in total. The molecule has 0 aromatic heterocycles. The maximum Gasteiger partial charge on any atom is 0.0210 e. The first-order valence-corrected chi connectivity index (χ1v) is 7.19. The van der Waals surface area contributed by atoms with Crippen molar-refractivity contribution in [1.82, 2.24) is 0 Å². The minimum Gasteiger partial charge on any atom is -0.0952 e. The summed E-state index contributed by atoms with van der Waals surface area (Å²) < 4.78 is 0. The molecule has 94 valence electrons. The number of allylic oxidation sites excluding steroid dienone is 9. The predicted molar refractivity (Wildman–Crippen MR) is 78.2 cm³/mol. The number of rotatable bonds is 3. The van der Waals surface area contributed by atoms with Crippen molar-refractivity contribution in [2.45, 2.75) is 32.6 Å². The van der Waals surface area contributed by atoms with E-state index in [1.54, 1.807) is 0 Å². The van der Waals surface area contributed by atoms with E-state index in [0.717, 1.165) is 11.8 Å². The van der Waals surface area contributed by atoms with Gasteiger partial charge in [-0.1, -0.05) is 56.4 Å². The van der Waals surface area contributed by atoms with Gasteiger partial charge < -0.3 is 0 Å². The van der Waals surface area contributed by atoms with E-state index >= 15 is 0 Å². The summed E-state index contributed by atoms with van der Waals surface area (Å²) in [6.07, 6.45) is 18.8. The zero-order valence-electron chi connectivity index (χ0n) is 11.2. The Morgan fingerprint density at radius 2 is 2.22 bits per heavy atom. The van der Waals surface area contributed by atoms with Crippen molar-refractivity contribution < 1.29 is 0 Å². The fourth-order valence-corrected chi connectivity index (χ4v) is 3.49. The summed E-state index contributed by atoms with van der Waals surface area (Å²) in [5, 5.41) is 0. The molecule has 0 amide bonds. The lowest BCUT2D eigenvalue weighted by atomic mass is 9.93. The van der Waals surface area contributed by atoms with Crippen LogP contribution in [0.3, 0.4) is 0 Å². The molecule has 0 aliphatic heterocycles. The molecular formula is C18H22. The lowest BCUT2D eigenvalue weighted by molar-refractivity contribution is 0.514. The molecule has 0 saturated heterocycles. The normalized spacial score (nSPS) is 33.3. The van der Waals surface area contributed by atoms with Crippen molar-refractivity contribution in [2.75, 3.05) is 0 Å². The van der Waals surface area contributed by atoms with Crippen LogP contribution in [0.4, 0.5) is 0 Å². The predicted octanol–water partition coefficient (Wildman–Crippen LogP) is 4.98. The third-order valence-electron chi connectivity index (χ3n) is 4.53. The molecule has 3 aliphatic rings. The van der Waals surface area contributed by atoms with E-state index in [-0.39, 0.29) is 0 Å². The zero-order chi connectivity index (χ0) is 12.5. The quantitative estimate of drug-likeness (QED) is 0.650. The lowest BCUT2D eigenvalue weighted by Crippen LogP contribution is -1.97. The number of fused-ring (bicyclic) bond motifs is 1. The summed E-state index contributed by atoms with van der Waals surface area (Å²) in [5.74, 6) is 2.30. The van der Waals surface area contributed by atoms with E-state index in [1.807, 2.05) is 0 Å². The van der Waals surface area contributed by atoms with Crippen LogP contribution in [-0.4, -0.2) is 0 Å². The average Bonchev–Trinajstić information content (AvgIpc) is 2.95. The van der Waals surface area contributed by atoms with E-state index in [4.69, 9.17) is 0 Å². The van der Waals surface area contributed by atoms with Crippen LogP contribution in [0.5, 0.6) is 0 Å². The van der Waals surface area contributed by atoms with Crippen LogP contribution in [-0.2, 0) is 0 Å². The monoisotopic (exact) mass is 238 g/mol. The van der Waals surface area contributed by atoms with E-state index in [0.29, 0.717) is 5.92 Å². The van der Waals surface area contributed by atoms with Crippen LogP contribution >= 0.6 is 0 Å². The molecule has 3 rings (SSSR count). The first kappa shape index (κ1) is 11.8. The van der Waals surface area contributed by atoms with Gasteiger partial charge in [-0.25, -0.2) is 0 Å². The van der Waals surface area contributed by atoms with Crippen molar-refractivity contribution in [3.63, 3.8) is 0 Å². The van der Waals surface area contributed by atoms with Gasteiger partial charge in [-0.05, 0) is 47.8 Å². The molecule has 0 radical (unpaired) electrons. The molecule has 0 nitrogen and oxygen atoms in total. The van der Waals surface area contributed by atoms with Crippen molar-refractivity contribution in [3.05, 3.63) is 59.8 Å². The van der Waals surface area contributed by atoms with Gasteiger partial charge in [-0.3, -0.25) is 0 Å². The fourth-order valence-electron chi connectivity index (χ4n) is 3.49. The first-order chi connectivity index (χ1) is 8.72. The fraction of sp³-hybridized carbons (Fsp3) is 0.444. The molecule has 0 spiro atoms. The molecule has 3 atom stereocenters. The Morgan fingerprint density at radius 3 is 2.94 bits per heavy atom. The Bertz CT molecular complexity index is 470. The highest BCUT2D eigenvalue weighted by Crippen LogP contribution is 2.38. The molecule has 3 aliphatic carbocycles. The van der Waals surface area contributed by atoms with Gasteiger partial charge in [0.15, 0.2) is 0 Å². The summed E-state index contributed by atoms with van der Waals surface area (Å²) in [5.41, 5.74) is 4.15. The second-order valence-corrected chi connectivity index (χ2v) is 6.13. The van der Waals surface area contributed by atoms with Gasteiger partial charge in [0.25, 0.3) is 0 Å². The maximum atomic E-state index is 4.32. The van der Waals surface area contributed by atoms with Gasteiger partial charge in [0, 0.05) is 5.92 Å². The molecule has 18 heavy (non-hydrogen) atoms. The van der Waals surface area contributed by atoms with Crippen molar-refractivity contribution in [2.24, 2.45) is 17.8 Å². The highest BCUT2D eigenvalue weighted by Gasteiger charge is 2.24. The third-order valence-corrected chi connectivity index (χ3v) is 4.53. The van der Waals surface area contributed by atoms with E-state index in [1.165, 1.54) is 42.4 Å². The van der Waals surface area contributed by atoms with Crippen LogP contribution in [0.2, 0.25) is 0 Å². The van der Waals surface area contributed by atoms with Crippen molar-refractivity contribution in [1.29, 1.82) is 0 Å². The first-order valence-electron chi connectivity index (χ1n) is 7.19. The van der Waals surface area contributed by atoms with Gasteiger partial charge in [0.2, 0.25) is 0 Å². The van der Waals surface area contributed by atoms with Crippen LogP contribution < -0.4 is 0 Å². The second-order valence-electron chi connectivity index (χ2n) is 6.13. The molecule has 0 heterocycles. The molecule has 1 saturated carbocycles.